The smallest absolute Gasteiger partial charge is 0.242 e. The highest BCUT2D eigenvalue weighted by atomic mass is 32.2. The molecule has 33 heavy (non-hydrogen) atoms. The molecule has 0 atom stereocenters. The highest BCUT2D eigenvalue weighted by molar-refractivity contribution is 7.89. The Morgan fingerprint density at radius 1 is 1.09 bits per heavy atom. The maximum atomic E-state index is 13.3. The van der Waals surface area contributed by atoms with E-state index in [1.807, 2.05) is 5.38 Å². The van der Waals surface area contributed by atoms with Gasteiger partial charge in [0.15, 0.2) is 4.96 Å². The molecular weight excluding hydrogens is 470 g/mol. The van der Waals surface area contributed by atoms with E-state index >= 15 is 0 Å². The Kier molecular flexibility index (Phi) is 6.54. The van der Waals surface area contributed by atoms with Crippen LogP contribution in [0.2, 0.25) is 0 Å². The number of imidazole rings is 1. The van der Waals surface area contributed by atoms with Crippen molar-refractivity contribution in [3.05, 3.63) is 71.7 Å². The lowest BCUT2D eigenvalue weighted by Crippen LogP contribution is -2.28. The van der Waals surface area contributed by atoms with E-state index in [4.69, 9.17) is 0 Å². The minimum atomic E-state index is -3.78. The third-order valence-corrected chi connectivity index (χ3v) is 7.66. The average Bonchev–Trinajstić information content (AvgIpc) is 3.37. The normalized spacial score (nSPS) is 11.9. The minimum Gasteiger partial charge on any atom is -0.310 e. The molecule has 0 spiro atoms. The van der Waals surface area contributed by atoms with Crippen LogP contribution in [0.3, 0.4) is 0 Å². The topological polar surface area (TPSA) is 83.8 Å². The number of benzene rings is 2. The van der Waals surface area contributed by atoms with Gasteiger partial charge in [-0.1, -0.05) is 0 Å². The quantitative estimate of drug-likeness (QED) is 0.397. The van der Waals surface area contributed by atoms with Crippen molar-refractivity contribution in [2.45, 2.75) is 17.7 Å². The number of hydrogen-bond donors (Lipinski definition) is 1. The molecule has 7 nitrogen and oxygen atoms in total. The number of thiazole rings is 1. The van der Waals surface area contributed by atoms with Crippen LogP contribution in [0.15, 0.2) is 65.0 Å². The zero-order chi connectivity index (χ0) is 23.6. The summed E-state index contributed by atoms with van der Waals surface area (Å²) in [6.07, 6.45) is 2.13. The highest BCUT2D eigenvalue weighted by Gasteiger charge is 2.21. The van der Waals surface area contributed by atoms with Crippen molar-refractivity contribution in [3.8, 4) is 11.3 Å². The van der Waals surface area contributed by atoms with Gasteiger partial charge in [-0.05, 0) is 55.0 Å². The molecule has 2 aromatic carbocycles. The number of anilines is 1. The van der Waals surface area contributed by atoms with Crippen molar-refractivity contribution >= 4 is 38.0 Å². The van der Waals surface area contributed by atoms with Crippen molar-refractivity contribution in [1.82, 2.24) is 13.7 Å². The molecule has 0 fully saturated rings. The molecule has 0 unspecified atom stereocenters. The molecule has 1 amide bonds. The fourth-order valence-corrected chi connectivity index (χ4v) is 5.20. The third kappa shape index (κ3) is 4.95. The van der Waals surface area contributed by atoms with Crippen LogP contribution in [0, 0.1) is 11.6 Å². The lowest BCUT2D eigenvalue weighted by Gasteiger charge is -2.17. The molecule has 2 aromatic heterocycles. The summed E-state index contributed by atoms with van der Waals surface area (Å²) in [5, 5.41) is 4.68. The number of halogens is 2. The maximum Gasteiger partial charge on any atom is 0.242 e. The molecule has 2 heterocycles. The monoisotopic (exact) mass is 490 g/mol. The first-order chi connectivity index (χ1) is 15.8. The number of sulfonamides is 1. The molecule has 4 aromatic rings. The summed E-state index contributed by atoms with van der Waals surface area (Å²) in [6.45, 7) is 0.109. The summed E-state index contributed by atoms with van der Waals surface area (Å²) in [5.74, 6) is -0.730. The molecular formula is C22H20F2N4O3S2. The van der Waals surface area contributed by atoms with E-state index in [-0.39, 0.29) is 36.0 Å². The number of rotatable bonds is 8. The number of nitrogens with one attached hydrogen (secondary N) is 1. The Morgan fingerprint density at radius 3 is 2.39 bits per heavy atom. The zero-order valence-corrected chi connectivity index (χ0v) is 19.2. The molecule has 0 saturated heterocycles. The number of fused-ring (bicyclic) bond motifs is 1. The zero-order valence-electron chi connectivity index (χ0n) is 17.5. The second-order valence-electron chi connectivity index (χ2n) is 7.30. The van der Waals surface area contributed by atoms with E-state index < -0.39 is 15.8 Å². The van der Waals surface area contributed by atoms with Crippen LogP contribution >= 0.6 is 11.3 Å². The number of amides is 1. The molecule has 172 valence electrons. The van der Waals surface area contributed by atoms with Gasteiger partial charge in [0.1, 0.15) is 23.1 Å². The molecule has 4 rings (SSSR count). The number of hydrogen-bond acceptors (Lipinski definition) is 5. The second kappa shape index (κ2) is 9.38. The molecule has 0 aliphatic rings. The van der Waals surface area contributed by atoms with Gasteiger partial charge in [0.25, 0.3) is 0 Å². The van der Waals surface area contributed by atoms with Crippen LogP contribution in [0.4, 0.5) is 14.6 Å². The van der Waals surface area contributed by atoms with Crippen molar-refractivity contribution in [2.75, 3.05) is 18.9 Å². The van der Waals surface area contributed by atoms with E-state index in [2.05, 4.69) is 10.3 Å². The van der Waals surface area contributed by atoms with Gasteiger partial charge in [-0.2, -0.15) is 0 Å². The summed E-state index contributed by atoms with van der Waals surface area (Å²) in [7, 11) is -2.37. The van der Waals surface area contributed by atoms with Crippen molar-refractivity contribution < 1.29 is 22.0 Å². The van der Waals surface area contributed by atoms with Gasteiger partial charge in [-0.3, -0.25) is 9.20 Å². The summed E-state index contributed by atoms with van der Waals surface area (Å²) >= 11 is 1.40. The fraction of sp³-hybridized carbons (Fsp3) is 0.182. The maximum absolute atomic E-state index is 13.3. The Bertz CT molecular complexity index is 1380. The van der Waals surface area contributed by atoms with Gasteiger partial charge in [0, 0.05) is 37.2 Å². The summed E-state index contributed by atoms with van der Waals surface area (Å²) in [5.41, 5.74) is 1.18. The first-order valence-corrected chi connectivity index (χ1v) is 12.3. The third-order valence-electron chi connectivity index (χ3n) is 5.04. The molecule has 0 radical (unpaired) electrons. The summed E-state index contributed by atoms with van der Waals surface area (Å²) < 4.78 is 54.4. The van der Waals surface area contributed by atoms with Crippen molar-refractivity contribution in [3.63, 3.8) is 0 Å². The van der Waals surface area contributed by atoms with E-state index in [0.29, 0.717) is 22.0 Å². The van der Waals surface area contributed by atoms with Crippen molar-refractivity contribution in [1.29, 1.82) is 0 Å². The van der Waals surface area contributed by atoms with Gasteiger partial charge in [0.2, 0.25) is 15.9 Å². The molecule has 1 N–H and O–H groups in total. The summed E-state index contributed by atoms with van der Waals surface area (Å²) in [4.78, 5) is 17.8. The Hall–Kier alpha value is -3.15. The first-order valence-electron chi connectivity index (χ1n) is 9.99. The van der Waals surface area contributed by atoms with Crippen LogP contribution in [0.5, 0.6) is 0 Å². The van der Waals surface area contributed by atoms with Crippen LogP contribution in [-0.4, -0.2) is 41.6 Å². The molecule has 0 aliphatic carbocycles. The van der Waals surface area contributed by atoms with Crippen LogP contribution in [0.25, 0.3) is 16.2 Å². The van der Waals surface area contributed by atoms with Gasteiger partial charge in [-0.25, -0.2) is 26.5 Å². The lowest BCUT2D eigenvalue weighted by molar-refractivity contribution is -0.116. The van der Waals surface area contributed by atoms with Gasteiger partial charge >= 0.3 is 0 Å². The van der Waals surface area contributed by atoms with Crippen LogP contribution in [0.1, 0.15) is 12.8 Å². The first kappa shape index (κ1) is 23.0. The van der Waals surface area contributed by atoms with Gasteiger partial charge in [-0.15, -0.1) is 11.3 Å². The minimum absolute atomic E-state index is 0.0149. The van der Waals surface area contributed by atoms with E-state index in [0.717, 1.165) is 16.4 Å². The second-order valence-corrected chi connectivity index (χ2v) is 10.2. The van der Waals surface area contributed by atoms with Crippen LogP contribution < -0.4 is 5.32 Å². The fourth-order valence-electron chi connectivity index (χ4n) is 3.28. The van der Waals surface area contributed by atoms with Gasteiger partial charge < -0.3 is 5.32 Å². The largest absolute Gasteiger partial charge is 0.310 e. The van der Waals surface area contributed by atoms with Gasteiger partial charge in [0.05, 0.1) is 4.90 Å². The van der Waals surface area contributed by atoms with Crippen LogP contribution in [-0.2, 0) is 14.8 Å². The molecule has 11 heteroatoms. The Labute approximate surface area is 193 Å². The predicted octanol–water partition coefficient (Wildman–Crippen LogP) is 4.38. The molecule has 0 aliphatic heterocycles. The van der Waals surface area contributed by atoms with E-state index in [9.17, 15) is 22.0 Å². The predicted molar refractivity (Wildman–Crippen MR) is 123 cm³/mol. The number of carbonyl (C=O) groups is 1. The Balaban J connectivity index is 1.42. The highest BCUT2D eigenvalue weighted by Crippen LogP contribution is 2.31. The molecule has 0 saturated carbocycles. The Morgan fingerprint density at radius 2 is 1.73 bits per heavy atom. The standard InChI is InChI=1S/C22H20F2N4O3S2/c1-27(33(30,31)18-10-8-17(24)9-11-18)12-2-3-19(29)25-21-20(15-4-6-16(23)7-5-15)26-22-28(21)13-14-32-22/h4-11,13-14H,2-3,12H2,1H3,(H,25,29). The molecule has 0 bridgehead atoms. The van der Waals surface area contributed by atoms with Crippen molar-refractivity contribution in [2.24, 2.45) is 0 Å². The summed E-state index contributed by atoms with van der Waals surface area (Å²) in [6, 6.07) is 10.4. The number of aromatic nitrogens is 2. The number of nitrogens with zero attached hydrogens (tertiary/aromatic N) is 3. The average molecular weight is 491 g/mol. The van der Waals surface area contributed by atoms with E-state index in [1.165, 1.54) is 42.6 Å². The lowest BCUT2D eigenvalue weighted by atomic mass is 10.1. The number of carbonyl (C=O) groups excluding carboxylic acids is 1. The SMILES string of the molecule is CN(CCCC(=O)Nc1c(-c2ccc(F)cc2)nc2sccn12)S(=O)(=O)c1ccc(F)cc1. The van der Waals surface area contributed by atoms with E-state index in [1.54, 1.807) is 22.7 Å².